The van der Waals surface area contributed by atoms with Crippen molar-refractivity contribution in [1.29, 1.82) is 0 Å². The van der Waals surface area contributed by atoms with Gasteiger partial charge < -0.3 is 10.4 Å². The summed E-state index contributed by atoms with van der Waals surface area (Å²) in [5, 5.41) is 20.0. The smallest absolute Gasteiger partial charge is 0.0964 e. The molecule has 0 aromatic carbocycles. The topological polar surface area (TPSA) is 63.0 Å². The molecule has 78 valence electrons. The maximum absolute atomic E-state index is 8.64. The van der Waals surface area contributed by atoms with Crippen LogP contribution in [0.15, 0.2) is 17.8 Å². The number of halogens is 1. The summed E-state index contributed by atoms with van der Waals surface area (Å²) < 4.78 is 1.59. The van der Waals surface area contributed by atoms with E-state index in [9.17, 15) is 0 Å². The lowest BCUT2D eigenvalue weighted by Gasteiger charge is -1.98. The molecule has 2 N–H and O–H groups in total. The molecule has 0 atom stereocenters. The van der Waals surface area contributed by atoms with E-state index >= 15 is 0 Å². The van der Waals surface area contributed by atoms with Crippen LogP contribution < -0.4 is 5.32 Å². The number of aliphatic hydroxyl groups excluding tert-OH is 1. The van der Waals surface area contributed by atoms with E-state index in [2.05, 4.69) is 22.2 Å². The number of nitrogens with one attached hydrogen (secondary N) is 1. The Labute approximate surface area is 87.4 Å². The zero-order chi connectivity index (χ0) is 10.4. The van der Waals surface area contributed by atoms with Gasteiger partial charge in [0.1, 0.15) is 0 Å². The van der Waals surface area contributed by atoms with Gasteiger partial charge >= 0.3 is 0 Å². The monoisotopic (exact) mass is 216 g/mol. The van der Waals surface area contributed by atoms with E-state index < -0.39 is 0 Å². The van der Waals surface area contributed by atoms with Crippen LogP contribution in [-0.4, -0.2) is 33.3 Å². The number of nitrogens with zero attached hydrogens (tertiary/aromatic N) is 3. The summed E-state index contributed by atoms with van der Waals surface area (Å²) in [7, 11) is 0. The lowest BCUT2D eigenvalue weighted by Crippen LogP contribution is -2.14. The minimum Gasteiger partial charge on any atom is -0.394 e. The van der Waals surface area contributed by atoms with Crippen molar-refractivity contribution in [3.63, 3.8) is 0 Å². The lowest BCUT2D eigenvalue weighted by atomic mass is 10.4. The summed E-state index contributed by atoms with van der Waals surface area (Å²) >= 11 is 5.57. The predicted molar refractivity (Wildman–Crippen MR) is 53.8 cm³/mol. The van der Waals surface area contributed by atoms with Crippen LogP contribution in [0.2, 0.25) is 0 Å². The number of rotatable bonds is 6. The van der Waals surface area contributed by atoms with Crippen LogP contribution in [0.5, 0.6) is 0 Å². The van der Waals surface area contributed by atoms with Gasteiger partial charge in [0.2, 0.25) is 0 Å². The van der Waals surface area contributed by atoms with Crippen LogP contribution in [0, 0.1) is 0 Å². The Morgan fingerprint density at radius 1 is 1.71 bits per heavy atom. The minimum atomic E-state index is 0.0642. The van der Waals surface area contributed by atoms with E-state index in [0.29, 0.717) is 24.7 Å². The fraction of sp³-hybridized carbons (Fsp3) is 0.500. The molecule has 14 heavy (non-hydrogen) atoms. The Hall–Kier alpha value is -0.910. The molecule has 5 nitrogen and oxygen atoms in total. The third-order valence-electron chi connectivity index (χ3n) is 1.54. The van der Waals surface area contributed by atoms with Crippen molar-refractivity contribution < 1.29 is 5.11 Å². The highest BCUT2D eigenvalue weighted by Gasteiger charge is 1.99. The van der Waals surface area contributed by atoms with Crippen molar-refractivity contribution >= 4 is 11.6 Å². The van der Waals surface area contributed by atoms with E-state index in [1.807, 2.05) is 0 Å². The molecule has 0 fully saturated rings. The fourth-order valence-corrected chi connectivity index (χ4v) is 1.05. The van der Waals surface area contributed by atoms with Gasteiger partial charge in [0.05, 0.1) is 18.8 Å². The highest BCUT2D eigenvalue weighted by molar-refractivity contribution is 6.29. The normalized spacial score (nSPS) is 10.4. The molecular formula is C8H13ClN4O. The van der Waals surface area contributed by atoms with Gasteiger partial charge in [-0.25, -0.2) is 4.68 Å². The van der Waals surface area contributed by atoms with Crippen molar-refractivity contribution in [2.75, 3.05) is 13.2 Å². The highest BCUT2D eigenvalue weighted by atomic mass is 35.5. The zero-order valence-corrected chi connectivity index (χ0v) is 8.54. The molecule has 1 aromatic rings. The summed E-state index contributed by atoms with van der Waals surface area (Å²) in [6.45, 7) is 5.23. The molecule has 0 unspecified atom stereocenters. The van der Waals surface area contributed by atoms with E-state index in [0.717, 1.165) is 5.69 Å². The molecule has 1 rings (SSSR count). The van der Waals surface area contributed by atoms with Gasteiger partial charge in [0.25, 0.3) is 0 Å². The summed E-state index contributed by atoms with van der Waals surface area (Å²) in [5.74, 6) is 0. The third kappa shape index (κ3) is 3.87. The van der Waals surface area contributed by atoms with Gasteiger partial charge in [0.15, 0.2) is 0 Å². The first-order chi connectivity index (χ1) is 6.72. The summed E-state index contributed by atoms with van der Waals surface area (Å²) in [6.07, 6.45) is 1.78. The Bertz CT molecular complexity index is 299. The largest absolute Gasteiger partial charge is 0.394 e. The Kier molecular flexibility index (Phi) is 4.58. The zero-order valence-electron chi connectivity index (χ0n) is 7.78. The van der Waals surface area contributed by atoms with Crippen LogP contribution in [-0.2, 0) is 13.1 Å². The van der Waals surface area contributed by atoms with Gasteiger partial charge in [0, 0.05) is 24.3 Å². The molecular weight excluding hydrogens is 204 g/mol. The van der Waals surface area contributed by atoms with Gasteiger partial charge in [-0.2, -0.15) is 0 Å². The quantitative estimate of drug-likeness (QED) is 0.709. The van der Waals surface area contributed by atoms with Gasteiger partial charge in [-0.05, 0) is 0 Å². The van der Waals surface area contributed by atoms with Gasteiger partial charge in [-0.15, -0.1) is 5.10 Å². The molecule has 0 radical (unpaired) electrons. The van der Waals surface area contributed by atoms with E-state index in [1.54, 1.807) is 10.9 Å². The first-order valence-corrected chi connectivity index (χ1v) is 4.64. The Morgan fingerprint density at radius 3 is 3.14 bits per heavy atom. The van der Waals surface area contributed by atoms with Crippen LogP contribution in [0.1, 0.15) is 5.69 Å². The second-order valence-corrected chi connectivity index (χ2v) is 3.35. The maximum atomic E-state index is 8.64. The molecule has 0 saturated carbocycles. The molecule has 0 bridgehead atoms. The Balaban J connectivity index is 2.32. The maximum Gasteiger partial charge on any atom is 0.0964 e. The molecule has 0 aliphatic rings. The number of hydrogen-bond acceptors (Lipinski definition) is 4. The standard InChI is InChI=1S/C8H13ClN4O/c1-7(9)4-10-5-8-6-13(2-3-14)12-11-8/h6,10,14H,1-5H2. The van der Waals surface area contributed by atoms with E-state index in [-0.39, 0.29) is 6.61 Å². The van der Waals surface area contributed by atoms with Crippen molar-refractivity contribution in [2.45, 2.75) is 13.1 Å². The minimum absolute atomic E-state index is 0.0642. The second-order valence-electron chi connectivity index (χ2n) is 2.82. The van der Waals surface area contributed by atoms with Crippen LogP contribution in [0.3, 0.4) is 0 Å². The van der Waals surface area contributed by atoms with Crippen molar-refractivity contribution in [2.24, 2.45) is 0 Å². The van der Waals surface area contributed by atoms with Crippen LogP contribution in [0.25, 0.3) is 0 Å². The first kappa shape index (κ1) is 11.2. The first-order valence-electron chi connectivity index (χ1n) is 4.26. The molecule has 1 heterocycles. The molecule has 0 amide bonds. The Morgan fingerprint density at radius 2 is 2.50 bits per heavy atom. The third-order valence-corrected chi connectivity index (χ3v) is 1.67. The van der Waals surface area contributed by atoms with Gasteiger partial charge in [-0.3, -0.25) is 0 Å². The summed E-state index contributed by atoms with van der Waals surface area (Å²) in [6, 6.07) is 0. The highest BCUT2D eigenvalue weighted by Crippen LogP contribution is 1.95. The van der Waals surface area contributed by atoms with Crippen molar-refractivity contribution in [1.82, 2.24) is 20.3 Å². The predicted octanol–water partition coefficient (Wildman–Crippen LogP) is 0.112. The number of aliphatic hydroxyl groups is 1. The molecule has 0 aliphatic heterocycles. The number of aromatic nitrogens is 3. The molecule has 0 saturated heterocycles. The summed E-state index contributed by atoms with van der Waals surface area (Å²) in [5.41, 5.74) is 0.816. The number of hydrogen-bond donors (Lipinski definition) is 2. The van der Waals surface area contributed by atoms with Crippen LogP contribution in [0.4, 0.5) is 0 Å². The summed E-state index contributed by atoms with van der Waals surface area (Å²) in [4.78, 5) is 0. The van der Waals surface area contributed by atoms with Crippen molar-refractivity contribution in [3.05, 3.63) is 23.5 Å². The van der Waals surface area contributed by atoms with Crippen LogP contribution >= 0.6 is 11.6 Å². The van der Waals surface area contributed by atoms with Crippen molar-refractivity contribution in [3.8, 4) is 0 Å². The van der Waals surface area contributed by atoms with E-state index in [1.165, 1.54) is 0 Å². The second kappa shape index (κ2) is 5.74. The molecule has 0 spiro atoms. The van der Waals surface area contributed by atoms with Gasteiger partial charge in [-0.1, -0.05) is 23.4 Å². The SMILES string of the molecule is C=C(Cl)CNCc1cn(CCO)nn1. The molecule has 6 heteroatoms. The van der Waals surface area contributed by atoms with E-state index in [4.69, 9.17) is 16.7 Å². The average Bonchev–Trinajstić information content (AvgIpc) is 2.53. The molecule has 0 aliphatic carbocycles. The molecule has 1 aromatic heterocycles. The fourth-order valence-electron chi connectivity index (χ4n) is 0.957. The average molecular weight is 217 g/mol. The lowest BCUT2D eigenvalue weighted by molar-refractivity contribution is 0.268.